The van der Waals surface area contributed by atoms with Gasteiger partial charge in [0.15, 0.2) is 0 Å². The molecule has 4 heteroatoms. The molecule has 21 heavy (non-hydrogen) atoms. The molecule has 0 amide bonds. The van der Waals surface area contributed by atoms with Gasteiger partial charge < -0.3 is 9.90 Å². The van der Waals surface area contributed by atoms with Crippen LogP contribution in [0.5, 0.6) is 0 Å². The molecule has 0 saturated heterocycles. The Morgan fingerprint density at radius 1 is 1.05 bits per heavy atom. The first-order valence-electron chi connectivity index (χ1n) is 6.65. The molecule has 0 spiro atoms. The van der Waals surface area contributed by atoms with Crippen LogP contribution in [0.4, 0.5) is 5.69 Å². The molecule has 0 heterocycles. The Morgan fingerprint density at radius 3 is 2.29 bits per heavy atom. The van der Waals surface area contributed by atoms with E-state index < -0.39 is 5.97 Å². The van der Waals surface area contributed by atoms with Gasteiger partial charge >= 0.3 is 0 Å². The van der Waals surface area contributed by atoms with Crippen LogP contribution < -0.4 is 10.5 Å². The molecular formula is C17H17N2O2-. The molecule has 0 aliphatic heterocycles. The molecule has 0 radical (unpaired) electrons. The fourth-order valence-electron chi connectivity index (χ4n) is 1.98. The van der Waals surface area contributed by atoms with Gasteiger partial charge in [-0.2, -0.15) is 5.10 Å². The maximum Gasteiger partial charge on any atom is 0.0715 e. The molecule has 0 saturated carbocycles. The molecule has 2 rings (SSSR count). The Bertz CT molecular complexity index is 689. The number of anilines is 1. The minimum atomic E-state index is -1.18. The van der Waals surface area contributed by atoms with Crippen LogP contribution >= 0.6 is 0 Å². The normalized spacial score (nSPS) is 10.8. The Hall–Kier alpha value is -2.62. The number of hydrazone groups is 1. The summed E-state index contributed by atoms with van der Waals surface area (Å²) in [7, 11) is 0. The summed E-state index contributed by atoms with van der Waals surface area (Å²) in [5.41, 5.74) is 8.44. The van der Waals surface area contributed by atoms with E-state index in [0.717, 1.165) is 16.8 Å². The predicted octanol–water partition coefficient (Wildman–Crippen LogP) is 2.42. The summed E-state index contributed by atoms with van der Waals surface area (Å²) in [6.07, 6.45) is 1.76. The summed E-state index contributed by atoms with van der Waals surface area (Å²) >= 11 is 0. The van der Waals surface area contributed by atoms with Gasteiger partial charge in [-0.05, 0) is 66.8 Å². The third kappa shape index (κ3) is 3.69. The van der Waals surface area contributed by atoms with E-state index in [0.29, 0.717) is 0 Å². The van der Waals surface area contributed by atoms with Gasteiger partial charge in [-0.15, -0.1) is 0 Å². The zero-order chi connectivity index (χ0) is 15.4. The van der Waals surface area contributed by atoms with Crippen LogP contribution in [0.25, 0.3) is 0 Å². The molecule has 0 aliphatic carbocycles. The van der Waals surface area contributed by atoms with Gasteiger partial charge in [0.1, 0.15) is 0 Å². The highest BCUT2D eigenvalue weighted by molar-refractivity contribution is 5.86. The summed E-state index contributed by atoms with van der Waals surface area (Å²) in [4.78, 5) is 10.6. The van der Waals surface area contributed by atoms with Crippen molar-refractivity contribution in [1.29, 1.82) is 0 Å². The van der Waals surface area contributed by atoms with E-state index >= 15 is 0 Å². The van der Waals surface area contributed by atoms with E-state index in [-0.39, 0.29) is 5.56 Å². The Labute approximate surface area is 124 Å². The molecule has 0 unspecified atom stereocenters. The number of nitrogens with one attached hydrogen (secondary N) is 1. The second-order valence-corrected chi connectivity index (χ2v) is 5.03. The lowest BCUT2D eigenvalue weighted by atomic mass is 10.0. The van der Waals surface area contributed by atoms with Gasteiger partial charge in [0, 0.05) is 0 Å². The van der Waals surface area contributed by atoms with Crippen LogP contribution in [0.15, 0.2) is 41.5 Å². The SMILES string of the molecule is Cc1cc(C)c(/C=N\Nc2ccc(C(=O)[O-])cc2)cc1C. The van der Waals surface area contributed by atoms with Crippen molar-refractivity contribution in [2.75, 3.05) is 5.43 Å². The number of carboxylic acids is 1. The Balaban J connectivity index is 2.09. The highest BCUT2D eigenvalue weighted by Gasteiger charge is 1.99. The van der Waals surface area contributed by atoms with Crippen LogP contribution in [0.1, 0.15) is 32.6 Å². The van der Waals surface area contributed by atoms with E-state index in [1.54, 1.807) is 18.3 Å². The lowest BCUT2D eigenvalue weighted by Crippen LogP contribution is -2.21. The number of aromatic carboxylic acids is 1. The maximum absolute atomic E-state index is 10.6. The van der Waals surface area contributed by atoms with Crippen LogP contribution in [-0.2, 0) is 0 Å². The summed E-state index contributed by atoms with van der Waals surface area (Å²) in [5, 5.41) is 14.8. The smallest absolute Gasteiger partial charge is 0.0715 e. The highest BCUT2D eigenvalue weighted by Crippen LogP contribution is 2.14. The number of carbonyl (C=O) groups excluding carboxylic acids is 1. The first kappa shape index (κ1) is 14.8. The zero-order valence-corrected chi connectivity index (χ0v) is 12.3. The second-order valence-electron chi connectivity index (χ2n) is 5.03. The Kier molecular flexibility index (Phi) is 4.38. The van der Waals surface area contributed by atoms with Crippen molar-refractivity contribution in [1.82, 2.24) is 0 Å². The molecule has 0 aliphatic rings. The molecular weight excluding hydrogens is 264 g/mol. The van der Waals surface area contributed by atoms with Crippen molar-refractivity contribution in [3.8, 4) is 0 Å². The highest BCUT2D eigenvalue weighted by atomic mass is 16.4. The van der Waals surface area contributed by atoms with Crippen molar-refractivity contribution in [3.63, 3.8) is 0 Å². The first-order chi connectivity index (χ1) is 9.97. The average Bonchev–Trinajstić information content (AvgIpc) is 2.45. The molecule has 0 atom stereocenters. The molecule has 0 fully saturated rings. The van der Waals surface area contributed by atoms with E-state index in [4.69, 9.17) is 0 Å². The van der Waals surface area contributed by atoms with Gasteiger partial charge in [-0.25, -0.2) is 0 Å². The van der Waals surface area contributed by atoms with Crippen molar-refractivity contribution >= 4 is 17.9 Å². The number of nitrogens with zero attached hydrogens (tertiary/aromatic N) is 1. The van der Waals surface area contributed by atoms with Gasteiger partial charge in [0.05, 0.1) is 17.9 Å². The molecule has 2 aromatic carbocycles. The number of hydrogen-bond donors (Lipinski definition) is 1. The summed E-state index contributed by atoms with van der Waals surface area (Å²) in [5.74, 6) is -1.18. The lowest BCUT2D eigenvalue weighted by molar-refractivity contribution is -0.255. The van der Waals surface area contributed by atoms with Crippen LogP contribution in [-0.4, -0.2) is 12.2 Å². The maximum atomic E-state index is 10.6. The molecule has 4 nitrogen and oxygen atoms in total. The van der Waals surface area contributed by atoms with E-state index in [9.17, 15) is 9.90 Å². The van der Waals surface area contributed by atoms with Gasteiger partial charge in [0.2, 0.25) is 0 Å². The van der Waals surface area contributed by atoms with Gasteiger partial charge in [-0.1, -0.05) is 18.2 Å². The quantitative estimate of drug-likeness (QED) is 0.691. The van der Waals surface area contributed by atoms with Crippen molar-refractivity contribution < 1.29 is 9.90 Å². The summed E-state index contributed by atoms with van der Waals surface area (Å²) in [6, 6.07) is 10.5. The summed E-state index contributed by atoms with van der Waals surface area (Å²) < 4.78 is 0. The third-order valence-corrected chi connectivity index (χ3v) is 3.40. The second kappa shape index (κ2) is 6.22. The first-order valence-corrected chi connectivity index (χ1v) is 6.65. The minimum absolute atomic E-state index is 0.148. The number of aryl methyl sites for hydroxylation is 3. The Morgan fingerprint density at radius 2 is 1.67 bits per heavy atom. The van der Waals surface area contributed by atoms with E-state index in [1.165, 1.54) is 23.3 Å². The number of rotatable bonds is 4. The number of hydrogen-bond acceptors (Lipinski definition) is 4. The summed E-state index contributed by atoms with van der Waals surface area (Å²) in [6.45, 7) is 6.20. The lowest BCUT2D eigenvalue weighted by Gasteiger charge is -2.06. The average molecular weight is 281 g/mol. The number of benzene rings is 2. The molecule has 2 aromatic rings. The van der Waals surface area contributed by atoms with Crippen molar-refractivity contribution in [2.45, 2.75) is 20.8 Å². The van der Waals surface area contributed by atoms with Gasteiger partial charge in [-0.3, -0.25) is 5.43 Å². The topological polar surface area (TPSA) is 64.5 Å². The fourth-order valence-corrected chi connectivity index (χ4v) is 1.98. The minimum Gasteiger partial charge on any atom is -0.545 e. The van der Waals surface area contributed by atoms with Crippen LogP contribution in [0, 0.1) is 20.8 Å². The third-order valence-electron chi connectivity index (χ3n) is 3.40. The van der Waals surface area contributed by atoms with E-state index in [2.05, 4.69) is 36.5 Å². The molecule has 108 valence electrons. The largest absolute Gasteiger partial charge is 0.545 e. The van der Waals surface area contributed by atoms with Crippen LogP contribution in [0.3, 0.4) is 0 Å². The van der Waals surface area contributed by atoms with Gasteiger partial charge in [0.25, 0.3) is 0 Å². The molecule has 1 N–H and O–H groups in total. The fraction of sp³-hybridized carbons (Fsp3) is 0.176. The van der Waals surface area contributed by atoms with Crippen molar-refractivity contribution in [3.05, 3.63) is 64.2 Å². The zero-order valence-electron chi connectivity index (χ0n) is 12.3. The monoisotopic (exact) mass is 281 g/mol. The molecule has 0 bridgehead atoms. The van der Waals surface area contributed by atoms with Crippen molar-refractivity contribution in [2.24, 2.45) is 5.10 Å². The predicted molar refractivity (Wildman–Crippen MR) is 82.6 cm³/mol. The number of carboxylic acid groups (broad SMARTS) is 1. The van der Waals surface area contributed by atoms with E-state index in [1.807, 2.05) is 6.92 Å². The molecule has 0 aromatic heterocycles. The standard InChI is InChI=1S/C17H18N2O2/c1-11-8-13(3)15(9-12(11)2)10-18-19-16-6-4-14(5-7-16)17(20)21/h4-10,19H,1-3H3,(H,20,21)/p-1/b18-10-. The van der Waals surface area contributed by atoms with Crippen LogP contribution in [0.2, 0.25) is 0 Å². The number of carbonyl (C=O) groups is 1.